The minimum Gasteiger partial charge on any atom is -0.374 e. The van der Waals surface area contributed by atoms with E-state index >= 15 is 0 Å². The van der Waals surface area contributed by atoms with Crippen LogP contribution in [0.1, 0.15) is 33.4 Å². The van der Waals surface area contributed by atoms with Gasteiger partial charge in [-0.2, -0.15) is 0 Å². The highest BCUT2D eigenvalue weighted by Crippen LogP contribution is 2.45. The molecule has 66 heavy (non-hydrogen) atoms. The summed E-state index contributed by atoms with van der Waals surface area (Å²) in [4.78, 5) is 0. The van der Waals surface area contributed by atoms with Gasteiger partial charge in [0.15, 0.2) is 12.4 Å². The first kappa shape index (κ1) is 46.0. The topological polar surface area (TPSA) is 102 Å². The van der Waals surface area contributed by atoms with Crippen molar-refractivity contribution in [2.24, 2.45) is 0 Å². The predicted octanol–water partition coefficient (Wildman–Crippen LogP) is 8.97. The maximum atomic E-state index is 7.34. The van der Waals surface area contributed by atoms with E-state index < -0.39 is 61.1 Å². The molecule has 0 aliphatic carbocycles. The maximum absolute atomic E-state index is 7.34. The van der Waals surface area contributed by atoms with E-state index in [-0.39, 0.29) is 46.2 Å². The predicted molar refractivity (Wildman–Crippen MR) is 245 cm³/mol. The molecule has 0 bridgehead atoms. The summed E-state index contributed by atoms with van der Waals surface area (Å²) in [7, 11) is 1.60. The molecule has 3 fully saturated rings. The Labute approximate surface area is 387 Å². The van der Waals surface area contributed by atoms with Crippen LogP contribution in [-0.2, 0) is 91.7 Å². The van der Waals surface area contributed by atoms with Gasteiger partial charge in [-0.1, -0.05) is 182 Å². The third-order valence-corrected chi connectivity index (χ3v) is 12.0. The molecule has 9 rings (SSSR count). The van der Waals surface area contributed by atoms with E-state index in [0.717, 1.165) is 33.4 Å². The van der Waals surface area contributed by atoms with Gasteiger partial charge in [-0.05, 0) is 33.4 Å². The number of ether oxygens (including phenoxy) is 11. The smallest absolute Gasteiger partial charge is 0.314 e. The third kappa shape index (κ3) is 11.7. The molecule has 3 saturated heterocycles. The Bertz CT molecular complexity index is 2290. The summed E-state index contributed by atoms with van der Waals surface area (Å²) in [5.41, 5.74) is 5.91. The standard InChI is InChI=1S/C55H58O11/c1-56-54-52(61-36-44-28-16-6-17-29-44)50(59-34-42-24-12-4-13-25-42)49-46(64-54)39-63-55(66-49)53(62-37-45-30-18-7-19-31-45)51(60-35-43-26-14-5-15-27-43)48(58-33-41-22-10-3-11-23-41)47(65-55)38-57-32-40-20-8-2-9-21-40/h2-31,46-54H,32-39H2,1H3/t46-,47-,48-,49-,50+,51+,52-,53+,54+,55-/m1/s1. The molecule has 6 aromatic carbocycles. The summed E-state index contributed by atoms with van der Waals surface area (Å²) >= 11 is 0. The fraction of sp³-hybridized carbons (Fsp3) is 0.345. The molecule has 0 amide bonds. The highest BCUT2D eigenvalue weighted by molar-refractivity contribution is 5.18. The van der Waals surface area contributed by atoms with Gasteiger partial charge in [0.05, 0.1) is 52.9 Å². The lowest BCUT2D eigenvalue weighted by Crippen LogP contribution is -2.75. The average Bonchev–Trinajstić information content (AvgIpc) is 3.38. The van der Waals surface area contributed by atoms with Gasteiger partial charge in [0, 0.05) is 7.11 Å². The van der Waals surface area contributed by atoms with E-state index in [1.54, 1.807) is 7.11 Å². The van der Waals surface area contributed by atoms with Crippen molar-refractivity contribution in [2.75, 3.05) is 20.3 Å². The first-order valence-corrected chi connectivity index (χ1v) is 22.7. The van der Waals surface area contributed by atoms with Gasteiger partial charge >= 0.3 is 5.97 Å². The summed E-state index contributed by atoms with van der Waals surface area (Å²) in [6.45, 7) is 1.79. The van der Waals surface area contributed by atoms with E-state index in [2.05, 4.69) is 0 Å². The summed E-state index contributed by atoms with van der Waals surface area (Å²) in [5, 5.41) is 0. The largest absolute Gasteiger partial charge is 0.374 e. The Balaban J connectivity index is 1.10. The molecular formula is C55H58O11. The molecule has 0 radical (unpaired) electrons. The van der Waals surface area contributed by atoms with Crippen molar-refractivity contribution >= 4 is 0 Å². The molecule has 0 unspecified atom stereocenters. The van der Waals surface area contributed by atoms with Gasteiger partial charge in [-0.15, -0.1) is 0 Å². The van der Waals surface area contributed by atoms with Crippen LogP contribution in [0.4, 0.5) is 0 Å². The monoisotopic (exact) mass is 894 g/mol. The zero-order chi connectivity index (χ0) is 44.8. The van der Waals surface area contributed by atoms with Crippen LogP contribution in [0.3, 0.4) is 0 Å². The summed E-state index contributed by atoms with van der Waals surface area (Å²) in [6.07, 6.45) is -6.97. The summed E-state index contributed by atoms with van der Waals surface area (Å²) in [6, 6.07) is 60.1. The van der Waals surface area contributed by atoms with E-state index in [1.165, 1.54) is 0 Å². The van der Waals surface area contributed by atoms with Crippen LogP contribution in [0.25, 0.3) is 0 Å². The van der Waals surface area contributed by atoms with Crippen LogP contribution in [0.5, 0.6) is 0 Å². The van der Waals surface area contributed by atoms with Gasteiger partial charge in [0.25, 0.3) is 0 Å². The van der Waals surface area contributed by atoms with Crippen molar-refractivity contribution in [3.8, 4) is 0 Å². The molecule has 3 aliphatic heterocycles. The normalized spacial score (nSPS) is 27.3. The minimum absolute atomic E-state index is 0.0465. The van der Waals surface area contributed by atoms with Gasteiger partial charge in [0.2, 0.25) is 0 Å². The first-order valence-electron chi connectivity index (χ1n) is 22.7. The van der Waals surface area contributed by atoms with Crippen LogP contribution in [0, 0.1) is 0 Å². The van der Waals surface area contributed by atoms with Crippen molar-refractivity contribution < 1.29 is 52.1 Å². The van der Waals surface area contributed by atoms with E-state index in [9.17, 15) is 0 Å². The number of methoxy groups -OCH3 is 1. The van der Waals surface area contributed by atoms with Gasteiger partial charge < -0.3 is 52.1 Å². The molecule has 10 atom stereocenters. The molecule has 0 saturated carbocycles. The second kappa shape index (κ2) is 23.1. The Kier molecular flexibility index (Phi) is 16.1. The molecule has 3 heterocycles. The second-order valence-electron chi connectivity index (χ2n) is 16.7. The molecule has 11 heteroatoms. The first-order chi connectivity index (χ1) is 32.6. The zero-order valence-electron chi connectivity index (χ0n) is 37.2. The average molecular weight is 895 g/mol. The zero-order valence-corrected chi connectivity index (χ0v) is 37.2. The van der Waals surface area contributed by atoms with Crippen molar-refractivity contribution in [3.63, 3.8) is 0 Å². The molecule has 344 valence electrons. The van der Waals surface area contributed by atoms with Crippen molar-refractivity contribution in [2.45, 2.75) is 101 Å². The Morgan fingerprint density at radius 2 is 0.833 bits per heavy atom. The van der Waals surface area contributed by atoms with Crippen LogP contribution in [-0.4, -0.2) is 81.4 Å². The molecular weight excluding hydrogens is 837 g/mol. The highest BCUT2D eigenvalue weighted by atomic mass is 16.9. The van der Waals surface area contributed by atoms with Gasteiger partial charge in [0.1, 0.15) is 42.7 Å². The molecule has 6 aromatic rings. The van der Waals surface area contributed by atoms with Crippen molar-refractivity contribution in [1.82, 2.24) is 0 Å². The Morgan fingerprint density at radius 1 is 0.439 bits per heavy atom. The van der Waals surface area contributed by atoms with E-state index in [4.69, 9.17) is 52.1 Å². The lowest BCUT2D eigenvalue weighted by atomic mass is 9.93. The molecule has 0 aromatic heterocycles. The number of hydrogen-bond donors (Lipinski definition) is 0. The number of benzene rings is 6. The van der Waals surface area contributed by atoms with Gasteiger partial charge in [-0.3, -0.25) is 0 Å². The lowest BCUT2D eigenvalue weighted by molar-refractivity contribution is -0.517. The Morgan fingerprint density at radius 3 is 1.29 bits per heavy atom. The lowest BCUT2D eigenvalue weighted by Gasteiger charge is -2.57. The summed E-state index contributed by atoms with van der Waals surface area (Å²) < 4.78 is 75.2. The van der Waals surface area contributed by atoms with Crippen molar-refractivity contribution in [1.29, 1.82) is 0 Å². The molecule has 11 nitrogen and oxygen atoms in total. The highest BCUT2D eigenvalue weighted by Gasteiger charge is 2.65. The fourth-order valence-electron chi connectivity index (χ4n) is 8.68. The fourth-order valence-corrected chi connectivity index (χ4v) is 8.68. The second-order valence-corrected chi connectivity index (χ2v) is 16.7. The number of hydrogen-bond acceptors (Lipinski definition) is 11. The molecule has 3 aliphatic rings. The van der Waals surface area contributed by atoms with Crippen LogP contribution >= 0.6 is 0 Å². The maximum Gasteiger partial charge on any atom is 0.314 e. The molecule has 1 spiro atoms. The SMILES string of the molecule is CO[C@H]1O[C@@H]2CO[C@@]3(O[C@H]2[C@H](OCc2ccccc2)[C@H]1OCc1ccccc1)O[C@H](COCc1ccccc1)[C@@H](OCc1ccccc1)[C@H](OCc1ccccc1)[C@@H]3OCc1ccccc1. The minimum atomic E-state index is -1.87. The number of fused-ring (bicyclic) bond motifs is 1. The summed E-state index contributed by atoms with van der Waals surface area (Å²) in [5.74, 6) is -1.87. The third-order valence-electron chi connectivity index (χ3n) is 12.0. The van der Waals surface area contributed by atoms with E-state index in [1.807, 2.05) is 182 Å². The van der Waals surface area contributed by atoms with Gasteiger partial charge in [-0.25, -0.2) is 0 Å². The van der Waals surface area contributed by atoms with Crippen LogP contribution in [0.2, 0.25) is 0 Å². The van der Waals surface area contributed by atoms with Crippen LogP contribution < -0.4 is 0 Å². The quantitative estimate of drug-likeness (QED) is 0.0735. The van der Waals surface area contributed by atoms with Crippen LogP contribution in [0.15, 0.2) is 182 Å². The van der Waals surface area contributed by atoms with E-state index in [0.29, 0.717) is 6.61 Å². The number of rotatable bonds is 20. The van der Waals surface area contributed by atoms with Crippen molar-refractivity contribution in [3.05, 3.63) is 215 Å². The molecule has 0 N–H and O–H groups in total. The Hall–Kier alpha value is -5.12.